The molecule has 0 unspecified atom stereocenters. The molecular weight excluding hydrogens is 344 g/mol. The minimum Gasteiger partial charge on any atom is -0.494 e. The number of para-hydroxylation sites is 1. The van der Waals surface area contributed by atoms with E-state index < -0.39 is 0 Å². The lowest BCUT2D eigenvalue weighted by molar-refractivity contribution is 0.250. The Bertz CT molecular complexity index is 617. The molecule has 0 saturated carbocycles. The van der Waals surface area contributed by atoms with Crippen LogP contribution in [0.15, 0.2) is 53.0 Å². The van der Waals surface area contributed by atoms with Gasteiger partial charge in [-0.3, -0.25) is 0 Å². The molecule has 0 aromatic heterocycles. The van der Waals surface area contributed by atoms with Crippen molar-refractivity contribution < 1.29 is 9.53 Å². The molecule has 4 nitrogen and oxygen atoms in total. The summed E-state index contributed by atoms with van der Waals surface area (Å²) in [6.45, 7) is 3.13. The summed E-state index contributed by atoms with van der Waals surface area (Å²) in [5.74, 6) is 0.843. The first-order valence-electron chi connectivity index (χ1n) is 7.14. The Morgan fingerprint density at radius 1 is 1.18 bits per heavy atom. The topological polar surface area (TPSA) is 50.4 Å². The highest BCUT2D eigenvalue weighted by molar-refractivity contribution is 9.10. The Kier molecular flexibility index (Phi) is 6.27. The summed E-state index contributed by atoms with van der Waals surface area (Å²) < 4.78 is 6.43. The molecular formula is C17H19BrN2O2. The van der Waals surface area contributed by atoms with Crippen LogP contribution in [0, 0.1) is 6.92 Å². The van der Waals surface area contributed by atoms with E-state index in [9.17, 15) is 4.79 Å². The van der Waals surface area contributed by atoms with Gasteiger partial charge in [-0.05, 0) is 59.1 Å². The van der Waals surface area contributed by atoms with Gasteiger partial charge in [-0.2, -0.15) is 0 Å². The summed E-state index contributed by atoms with van der Waals surface area (Å²) in [4.78, 5) is 11.8. The Hall–Kier alpha value is -2.01. The highest BCUT2D eigenvalue weighted by Crippen LogP contribution is 2.23. The predicted molar refractivity (Wildman–Crippen MR) is 92.5 cm³/mol. The summed E-state index contributed by atoms with van der Waals surface area (Å²) in [6.07, 6.45) is 0.747. The van der Waals surface area contributed by atoms with Gasteiger partial charge in [-0.25, -0.2) is 4.79 Å². The molecule has 5 heteroatoms. The molecule has 116 valence electrons. The molecule has 0 aliphatic rings. The van der Waals surface area contributed by atoms with Crippen molar-refractivity contribution in [1.29, 1.82) is 0 Å². The average molecular weight is 363 g/mol. The number of carbonyl (C=O) groups excluding carboxylic acids is 1. The minimum absolute atomic E-state index is 0.218. The lowest BCUT2D eigenvalue weighted by Gasteiger charge is -2.10. The van der Waals surface area contributed by atoms with Crippen LogP contribution in [0.3, 0.4) is 0 Å². The van der Waals surface area contributed by atoms with Gasteiger partial charge in [0.1, 0.15) is 5.75 Å². The fourth-order valence-electron chi connectivity index (χ4n) is 1.87. The first-order chi connectivity index (χ1) is 10.6. The third-order valence-electron chi connectivity index (χ3n) is 2.99. The quantitative estimate of drug-likeness (QED) is 0.750. The lowest BCUT2D eigenvalue weighted by Crippen LogP contribution is -2.30. The maximum atomic E-state index is 11.8. The summed E-state index contributed by atoms with van der Waals surface area (Å²) in [6, 6.07) is 15.2. The smallest absolute Gasteiger partial charge is 0.319 e. The number of aryl methyl sites for hydroxylation is 1. The second kappa shape index (κ2) is 8.44. The Morgan fingerprint density at radius 3 is 2.68 bits per heavy atom. The van der Waals surface area contributed by atoms with Crippen molar-refractivity contribution >= 4 is 27.6 Å². The lowest BCUT2D eigenvalue weighted by atomic mass is 10.2. The van der Waals surface area contributed by atoms with E-state index in [0.29, 0.717) is 13.2 Å². The highest BCUT2D eigenvalue weighted by atomic mass is 79.9. The molecule has 22 heavy (non-hydrogen) atoms. The average Bonchev–Trinajstić information content (AvgIpc) is 2.51. The Balaban J connectivity index is 1.65. The van der Waals surface area contributed by atoms with E-state index in [-0.39, 0.29) is 6.03 Å². The second-order valence-electron chi connectivity index (χ2n) is 4.88. The molecule has 2 aromatic carbocycles. The number of amides is 2. The third kappa shape index (κ3) is 5.41. The van der Waals surface area contributed by atoms with Crippen molar-refractivity contribution in [3.05, 3.63) is 58.6 Å². The SMILES string of the molecule is Cc1ccc(NC(=O)NCCCOc2ccccc2)c(Br)c1. The number of urea groups is 1. The minimum atomic E-state index is -0.218. The van der Waals surface area contributed by atoms with E-state index in [1.165, 1.54) is 0 Å². The van der Waals surface area contributed by atoms with E-state index in [2.05, 4.69) is 26.6 Å². The summed E-state index contributed by atoms with van der Waals surface area (Å²) in [5.41, 5.74) is 1.89. The molecule has 2 rings (SSSR count). The number of benzene rings is 2. The maximum Gasteiger partial charge on any atom is 0.319 e. The van der Waals surface area contributed by atoms with E-state index in [4.69, 9.17) is 4.74 Å². The van der Waals surface area contributed by atoms with Crippen LogP contribution in [0.4, 0.5) is 10.5 Å². The molecule has 0 spiro atoms. The summed E-state index contributed by atoms with van der Waals surface area (Å²) in [5, 5.41) is 5.62. The van der Waals surface area contributed by atoms with Crippen molar-refractivity contribution in [2.45, 2.75) is 13.3 Å². The molecule has 0 aliphatic carbocycles. The molecule has 0 radical (unpaired) electrons. The fourth-order valence-corrected chi connectivity index (χ4v) is 2.46. The van der Waals surface area contributed by atoms with Gasteiger partial charge in [0, 0.05) is 11.0 Å². The van der Waals surface area contributed by atoms with Crippen molar-refractivity contribution in [3.8, 4) is 5.75 Å². The largest absolute Gasteiger partial charge is 0.494 e. The first kappa shape index (κ1) is 16.4. The van der Waals surface area contributed by atoms with Crippen LogP contribution in [0.25, 0.3) is 0 Å². The van der Waals surface area contributed by atoms with Crippen molar-refractivity contribution in [2.75, 3.05) is 18.5 Å². The normalized spacial score (nSPS) is 10.1. The van der Waals surface area contributed by atoms with Crippen LogP contribution in [0.5, 0.6) is 5.75 Å². The van der Waals surface area contributed by atoms with Gasteiger partial charge in [0.25, 0.3) is 0 Å². The molecule has 0 saturated heterocycles. The fraction of sp³-hybridized carbons (Fsp3) is 0.235. The molecule has 2 N–H and O–H groups in total. The number of halogens is 1. The Morgan fingerprint density at radius 2 is 1.95 bits per heavy atom. The van der Waals surface area contributed by atoms with Gasteiger partial charge in [0.15, 0.2) is 0 Å². The van der Waals surface area contributed by atoms with E-state index in [0.717, 1.165) is 27.9 Å². The summed E-state index contributed by atoms with van der Waals surface area (Å²) >= 11 is 3.43. The molecule has 0 aliphatic heterocycles. The van der Waals surface area contributed by atoms with Crippen LogP contribution >= 0.6 is 15.9 Å². The molecule has 0 heterocycles. The monoisotopic (exact) mass is 362 g/mol. The highest BCUT2D eigenvalue weighted by Gasteiger charge is 2.04. The van der Waals surface area contributed by atoms with Crippen molar-refractivity contribution in [3.63, 3.8) is 0 Å². The zero-order valence-corrected chi connectivity index (χ0v) is 14.0. The molecule has 2 amide bonds. The van der Waals surface area contributed by atoms with E-state index in [1.807, 2.05) is 55.5 Å². The number of hydrogen-bond donors (Lipinski definition) is 2. The first-order valence-corrected chi connectivity index (χ1v) is 7.93. The van der Waals surface area contributed by atoms with Gasteiger partial charge < -0.3 is 15.4 Å². The van der Waals surface area contributed by atoms with Crippen LogP contribution in [0.2, 0.25) is 0 Å². The number of hydrogen-bond acceptors (Lipinski definition) is 2. The Labute approximate surface area is 139 Å². The van der Waals surface area contributed by atoms with Crippen LogP contribution in [-0.2, 0) is 0 Å². The maximum absolute atomic E-state index is 11.8. The standard InChI is InChI=1S/C17H19BrN2O2/c1-13-8-9-16(15(18)12-13)20-17(21)19-10-5-11-22-14-6-3-2-4-7-14/h2-4,6-9,12H,5,10-11H2,1H3,(H2,19,20,21). The van der Waals surface area contributed by atoms with Crippen LogP contribution in [0.1, 0.15) is 12.0 Å². The van der Waals surface area contributed by atoms with Gasteiger partial charge in [0.05, 0.1) is 12.3 Å². The zero-order chi connectivity index (χ0) is 15.8. The van der Waals surface area contributed by atoms with E-state index >= 15 is 0 Å². The number of nitrogens with one attached hydrogen (secondary N) is 2. The van der Waals surface area contributed by atoms with Gasteiger partial charge in [-0.1, -0.05) is 24.3 Å². The van der Waals surface area contributed by atoms with Crippen molar-refractivity contribution in [1.82, 2.24) is 5.32 Å². The molecule has 0 fully saturated rings. The number of carbonyl (C=O) groups is 1. The third-order valence-corrected chi connectivity index (χ3v) is 3.65. The van der Waals surface area contributed by atoms with Crippen LogP contribution in [-0.4, -0.2) is 19.2 Å². The molecule has 2 aromatic rings. The summed E-state index contributed by atoms with van der Waals surface area (Å²) in [7, 11) is 0. The second-order valence-corrected chi connectivity index (χ2v) is 5.73. The van der Waals surface area contributed by atoms with Gasteiger partial charge in [0.2, 0.25) is 0 Å². The zero-order valence-electron chi connectivity index (χ0n) is 12.4. The number of rotatable bonds is 6. The number of anilines is 1. The molecule has 0 bridgehead atoms. The number of ether oxygens (including phenoxy) is 1. The van der Waals surface area contributed by atoms with Gasteiger partial charge >= 0.3 is 6.03 Å². The molecule has 0 atom stereocenters. The predicted octanol–water partition coefficient (Wildman–Crippen LogP) is 4.35. The van der Waals surface area contributed by atoms with Crippen molar-refractivity contribution in [2.24, 2.45) is 0 Å². The van der Waals surface area contributed by atoms with Crippen LogP contribution < -0.4 is 15.4 Å². The van der Waals surface area contributed by atoms with Gasteiger partial charge in [-0.15, -0.1) is 0 Å². The van der Waals surface area contributed by atoms with E-state index in [1.54, 1.807) is 0 Å².